The molecule has 0 unspecified atom stereocenters. The molecular weight excluding hydrogens is 383 g/mol. The Hall–Kier alpha value is -2.15. The number of methoxy groups -OCH3 is 1. The van der Waals surface area contributed by atoms with E-state index in [-0.39, 0.29) is 29.0 Å². The van der Waals surface area contributed by atoms with Gasteiger partial charge in [-0.3, -0.25) is 4.79 Å². The van der Waals surface area contributed by atoms with Gasteiger partial charge in [0.15, 0.2) is 0 Å². The third-order valence-electron chi connectivity index (χ3n) is 5.05. The molecule has 3 rings (SSSR count). The number of morpholine rings is 1. The zero-order chi connectivity index (χ0) is 19.9. The quantitative estimate of drug-likeness (QED) is 0.736. The molecule has 0 saturated carbocycles. The van der Waals surface area contributed by atoms with Crippen molar-refractivity contribution in [1.29, 1.82) is 0 Å². The highest BCUT2D eigenvalue weighted by atomic mass is 35.5. The van der Waals surface area contributed by atoms with Gasteiger partial charge in [-0.2, -0.15) is 0 Å². The fourth-order valence-corrected chi connectivity index (χ4v) is 3.69. The lowest BCUT2D eigenvalue weighted by atomic mass is 10.0. The fraction of sp³-hybridized carbons (Fsp3) is 0.381. The van der Waals surface area contributed by atoms with Crippen LogP contribution in [0.5, 0.6) is 5.75 Å². The van der Waals surface area contributed by atoms with Crippen LogP contribution in [0.25, 0.3) is 0 Å². The van der Waals surface area contributed by atoms with Gasteiger partial charge < -0.3 is 19.7 Å². The van der Waals surface area contributed by atoms with Gasteiger partial charge in [-0.05, 0) is 36.4 Å². The molecule has 0 aliphatic carbocycles. The van der Waals surface area contributed by atoms with E-state index in [1.807, 2.05) is 24.3 Å². The van der Waals surface area contributed by atoms with Crippen molar-refractivity contribution in [2.45, 2.75) is 12.5 Å². The smallest absolute Gasteiger partial charge is 0.224 e. The van der Waals surface area contributed by atoms with Gasteiger partial charge >= 0.3 is 0 Å². The minimum Gasteiger partial charge on any atom is -0.497 e. The van der Waals surface area contributed by atoms with E-state index in [9.17, 15) is 9.18 Å². The topological polar surface area (TPSA) is 52.0 Å². The molecule has 1 saturated heterocycles. The second-order valence-electron chi connectivity index (χ2n) is 6.78. The van der Waals surface area contributed by atoms with E-state index in [2.05, 4.69) is 5.32 Å². The number of carbonyl (C=O) groups excluding carboxylic acids is 1. The first kappa shape index (κ1) is 20.6. The highest BCUT2D eigenvalue weighted by Gasteiger charge is 2.27. The summed E-state index contributed by atoms with van der Waals surface area (Å²) < 4.78 is 24.6. The lowest BCUT2D eigenvalue weighted by Crippen LogP contribution is -3.15. The summed E-state index contributed by atoms with van der Waals surface area (Å²) in [6.45, 7) is 3.57. The molecule has 1 heterocycles. The van der Waals surface area contributed by atoms with Crippen LogP contribution < -0.4 is 15.0 Å². The average molecular weight is 408 g/mol. The van der Waals surface area contributed by atoms with Crippen LogP contribution >= 0.6 is 11.6 Å². The lowest BCUT2D eigenvalue weighted by Gasteiger charge is -2.32. The minimum absolute atomic E-state index is 0.0786. The molecule has 1 amide bonds. The third kappa shape index (κ3) is 5.22. The first-order chi connectivity index (χ1) is 13.6. The number of ether oxygens (including phenoxy) is 2. The fourth-order valence-electron chi connectivity index (χ4n) is 3.46. The highest BCUT2D eigenvalue weighted by Crippen LogP contribution is 2.20. The molecule has 2 aromatic carbocycles. The number of hydrogen-bond acceptors (Lipinski definition) is 3. The van der Waals surface area contributed by atoms with E-state index >= 15 is 0 Å². The van der Waals surface area contributed by atoms with Gasteiger partial charge in [-0.1, -0.05) is 17.7 Å². The van der Waals surface area contributed by atoms with Crippen LogP contribution in [0.4, 0.5) is 4.39 Å². The van der Waals surface area contributed by atoms with Crippen LogP contribution in [0.2, 0.25) is 5.02 Å². The molecule has 2 aromatic rings. The summed E-state index contributed by atoms with van der Waals surface area (Å²) >= 11 is 6.03. The van der Waals surface area contributed by atoms with Crippen molar-refractivity contribution in [2.24, 2.45) is 0 Å². The SMILES string of the molecule is COc1ccc([C@@H](CNC(=O)Cc2c(F)cccc2Cl)[NH+]2CCOCC2)cc1. The Balaban J connectivity index is 1.69. The van der Waals surface area contributed by atoms with Gasteiger partial charge in [0.1, 0.15) is 30.7 Å². The second-order valence-corrected chi connectivity index (χ2v) is 7.18. The number of carbonyl (C=O) groups is 1. The maximum absolute atomic E-state index is 13.9. The minimum atomic E-state index is -0.465. The molecule has 1 aliphatic heterocycles. The summed E-state index contributed by atoms with van der Waals surface area (Å²) in [5.41, 5.74) is 1.34. The van der Waals surface area contributed by atoms with E-state index in [4.69, 9.17) is 21.1 Å². The van der Waals surface area contributed by atoms with E-state index in [1.54, 1.807) is 13.2 Å². The molecule has 0 bridgehead atoms. The number of rotatable bonds is 7. The summed E-state index contributed by atoms with van der Waals surface area (Å²) in [6, 6.07) is 12.4. The van der Waals surface area contributed by atoms with Crippen molar-refractivity contribution in [3.05, 3.63) is 64.4 Å². The van der Waals surface area contributed by atoms with Crippen LogP contribution in [-0.4, -0.2) is 45.9 Å². The van der Waals surface area contributed by atoms with E-state index < -0.39 is 5.82 Å². The molecule has 150 valence electrons. The van der Waals surface area contributed by atoms with Gasteiger partial charge in [0.25, 0.3) is 0 Å². The summed E-state index contributed by atoms with van der Waals surface area (Å²) in [6.07, 6.45) is -0.0840. The predicted molar refractivity (Wildman–Crippen MR) is 105 cm³/mol. The van der Waals surface area contributed by atoms with E-state index in [1.165, 1.54) is 17.0 Å². The largest absolute Gasteiger partial charge is 0.497 e. The number of halogens is 2. The molecule has 1 atom stereocenters. The summed E-state index contributed by atoms with van der Waals surface area (Å²) in [5.74, 6) is 0.0732. The van der Waals surface area contributed by atoms with Crippen LogP contribution in [0.3, 0.4) is 0 Å². The molecule has 0 spiro atoms. The first-order valence-electron chi connectivity index (χ1n) is 9.34. The Kier molecular flexibility index (Phi) is 7.25. The maximum Gasteiger partial charge on any atom is 0.224 e. The van der Waals surface area contributed by atoms with Gasteiger partial charge in [0, 0.05) is 16.1 Å². The summed E-state index contributed by atoms with van der Waals surface area (Å²) in [4.78, 5) is 13.8. The van der Waals surface area contributed by atoms with Crippen molar-refractivity contribution < 1.29 is 23.6 Å². The monoisotopic (exact) mass is 407 g/mol. The van der Waals surface area contributed by atoms with Gasteiger partial charge in [-0.15, -0.1) is 0 Å². The average Bonchev–Trinajstić information content (AvgIpc) is 2.72. The summed E-state index contributed by atoms with van der Waals surface area (Å²) in [7, 11) is 1.63. The number of nitrogens with one attached hydrogen (secondary N) is 2. The van der Waals surface area contributed by atoms with Crippen molar-refractivity contribution in [3.8, 4) is 5.75 Å². The second kappa shape index (κ2) is 9.87. The Morgan fingerprint density at radius 1 is 1.25 bits per heavy atom. The Labute approximate surface area is 169 Å². The van der Waals surface area contributed by atoms with Crippen LogP contribution in [0, 0.1) is 5.82 Å². The Bertz CT molecular complexity index is 774. The van der Waals surface area contributed by atoms with E-state index in [0.29, 0.717) is 19.8 Å². The zero-order valence-electron chi connectivity index (χ0n) is 15.8. The molecule has 5 nitrogen and oxygen atoms in total. The molecule has 1 aliphatic rings. The number of hydrogen-bond donors (Lipinski definition) is 2. The lowest BCUT2D eigenvalue weighted by molar-refractivity contribution is -0.937. The highest BCUT2D eigenvalue weighted by molar-refractivity contribution is 6.31. The Morgan fingerprint density at radius 2 is 1.96 bits per heavy atom. The van der Waals surface area contributed by atoms with Gasteiger partial charge in [0.05, 0.1) is 33.3 Å². The first-order valence-corrected chi connectivity index (χ1v) is 9.72. The molecule has 0 radical (unpaired) electrons. The number of benzene rings is 2. The van der Waals surface area contributed by atoms with Crippen molar-refractivity contribution in [1.82, 2.24) is 5.32 Å². The van der Waals surface area contributed by atoms with Crippen LogP contribution in [-0.2, 0) is 16.0 Å². The van der Waals surface area contributed by atoms with Crippen LogP contribution in [0.15, 0.2) is 42.5 Å². The predicted octanol–water partition coefficient (Wildman–Crippen LogP) is 1.80. The number of amides is 1. The molecule has 1 fully saturated rings. The van der Waals surface area contributed by atoms with Crippen molar-refractivity contribution in [3.63, 3.8) is 0 Å². The maximum atomic E-state index is 13.9. The number of quaternary nitrogens is 1. The zero-order valence-corrected chi connectivity index (χ0v) is 16.6. The normalized spacial score (nSPS) is 15.8. The summed E-state index contributed by atoms with van der Waals surface area (Å²) in [5, 5.41) is 3.22. The van der Waals surface area contributed by atoms with Crippen LogP contribution in [0.1, 0.15) is 17.2 Å². The van der Waals surface area contributed by atoms with Crippen molar-refractivity contribution >= 4 is 17.5 Å². The molecule has 0 aromatic heterocycles. The molecular formula is C21H25ClFN2O3+. The standard InChI is InChI=1S/C21H24ClFN2O3/c1-27-16-7-5-15(6-8-16)20(25-9-11-28-12-10-25)14-24-21(26)13-17-18(22)3-2-4-19(17)23/h2-8,20H,9-14H2,1H3,(H,24,26)/p+1/t20-/m1/s1. The Morgan fingerprint density at radius 3 is 2.61 bits per heavy atom. The van der Waals surface area contributed by atoms with Gasteiger partial charge in [0.2, 0.25) is 5.91 Å². The third-order valence-corrected chi connectivity index (χ3v) is 5.40. The van der Waals surface area contributed by atoms with E-state index in [0.717, 1.165) is 24.4 Å². The van der Waals surface area contributed by atoms with Crippen molar-refractivity contribution in [2.75, 3.05) is 40.0 Å². The molecule has 28 heavy (non-hydrogen) atoms. The van der Waals surface area contributed by atoms with Gasteiger partial charge in [-0.25, -0.2) is 4.39 Å². The molecule has 7 heteroatoms. The molecule has 2 N–H and O–H groups in total.